The van der Waals surface area contributed by atoms with Crippen molar-refractivity contribution in [3.05, 3.63) is 70.7 Å². The van der Waals surface area contributed by atoms with Gasteiger partial charge in [0.05, 0.1) is 5.69 Å². The van der Waals surface area contributed by atoms with Crippen LogP contribution in [0.4, 0.5) is 5.69 Å². The summed E-state index contributed by atoms with van der Waals surface area (Å²) >= 11 is 0. The van der Waals surface area contributed by atoms with E-state index in [0.29, 0.717) is 5.82 Å². The molecule has 6 nitrogen and oxygen atoms in total. The van der Waals surface area contributed by atoms with Gasteiger partial charge < -0.3 is 4.90 Å². The molecule has 0 unspecified atom stereocenters. The third kappa shape index (κ3) is 5.33. The van der Waals surface area contributed by atoms with Gasteiger partial charge in [0.2, 0.25) is 5.82 Å². The first-order valence-corrected chi connectivity index (χ1v) is 12.3. The highest BCUT2D eigenvalue weighted by Crippen LogP contribution is 2.21. The van der Waals surface area contributed by atoms with Crippen molar-refractivity contribution in [1.82, 2.24) is 24.8 Å². The smallest absolute Gasteiger partial charge is 0.202 e. The van der Waals surface area contributed by atoms with E-state index in [1.807, 2.05) is 25.1 Å². The van der Waals surface area contributed by atoms with Crippen molar-refractivity contribution in [3.8, 4) is 11.5 Å². The average molecular weight is 455 g/mol. The number of aryl methyl sites for hydroxylation is 2. The average Bonchev–Trinajstić information content (AvgIpc) is 3.38. The Bertz CT molecular complexity index is 1300. The quantitative estimate of drug-likeness (QED) is 0.320. The summed E-state index contributed by atoms with van der Waals surface area (Å²) in [5, 5.41) is 10.0. The van der Waals surface area contributed by atoms with Crippen molar-refractivity contribution in [3.63, 3.8) is 0 Å². The first-order valence-electron chi connectivity index (χ1n) is 12.3. The van der Waals surface area contributed by atoms with Gasteiger partial charge in [0.1, 0.15) is 5.69 Å². The SMILES string of the molecule is CCCCN(CCCC)c1ccc(/C=C/C=c2\c(C)nn3nc(-c4ccccn4)nc23)c(C)c1. The highest BCUT2D eigenvalue weighted by molar-refractivity contribution is 5.66. The number of nitrogens with zero attached hydrogens (tertiary/aromatic N) is 6. The fourth-order valence-electron chi connectivity index (χ4n) is 4.06. The minimum Gasteiger partial charge on any atom is -0.372 e. The summed E-state index contributed by atoms with van der Waals surface area (Å²) in [6.07, 6.45) is 12.9. The topological polar surface area (TPSA) is 59.2 Å². The number of benzene rings is 1. The molecule has 0 atom stereocenters. The van der Waals surface area contributed by atoms with Gasteiger partial charge in [0.25, 0.3) is 0 Å². The first-order chi connectivity index (χ1) is 16.6. The van der Waals surface area contributed by atoms with Gasteiger partial charge in [-0.1, -0.05) is 51.0 Å². The highest BCUT2D eigenvalue weighted by Gasteiger charge is 2.12. The van der Waals surface area contributed by atoms with Crippen LogP contribution in [-0.2, 0) is 0 Å². The van der Waals surface area contributed by atoms with E-state index in [0.717, 1.165) is 35.3 Å². The summed E-state index contributed by atoms with van der Waals surface area (Å²) in [5.41, 5.74) is 6.22. The predicted molar refractivity (Wildman–Crippen MR) is 141 cm³/mol. The van der Waals surface area contributed by atoms with Gasteiger partial charge in [-0.25, -0.2) is 4.98 Å². The fourth-order valence-corrected chi connectivity index (χ4v) is 4.06. The van der Waals surface area contributed by atoms with Crippen LogP contribution in [0.3, 0.4) is 0 Å². The Labute approximate surface area is 202 Å². The second kappa shape index (κ2) is 11.1. The lowest BCUT2D eigenvalue weighted by Crippen LogP contribution is -2.25. The maximum atomic E-state index is 4.68. The Morgan fingerprint density at radius 3 is 2.44 bits per heavy atom. The summed E-state index contributed by atoms with van der Waals surface area (Å²) < 4.78 is 1.60. The zero-order valence-corrected chi connectivity index (χ0v) is 20.7. The lowest BCUT2D eigenvalue weighted by molar-refractivity contribution is 0.678. The van der Waals surface area contributed by atoms with Crippen LogP contribution in [0.5, 0.6) is 0 Å². The van der Waals surface area contributed by atoms with Gasteiger partial charge in [0, 0.05) is 30.2 Å². The molecule has 0 aliphatic rings. The normalized spacial score (nSPS) is 12.3. The molecular weight excluding hydrogens is 420 g/mol. The number of fused-ring (bicyclic) bond motifs is 1. The number of anilines is 1. The molecule has 0 saturated carbocycles. The molecule has 0 N–H and O–H groups in total. The summed E-state index contributed by atoms with van der Waals surface area (Å²) in [4.78, 5) is 11.6. The van der Waals surface area contributed by atoms with Crippen LogP contribution in [0.1, 0.15) is 56.4 Å². The zero-order chi connectivity index (χ0) is 23.9. The third-order valence-electron chi connectivity index (χ3n) is 6.08. The second-order valence-corrected chi connectivity index (χ2v) is 8.72. The molecule has 0 bridgehead atoms. The van der Waals surface area contributed by atoms with E-state index in [4.69, 9.17) is 0 Å². The molecule has 6 heteroatoms. The predicted octanol–water partition coefficient (Wildman–Crippen LogP) is 5.42. The molecule has 176 valence electrons. The van der Waals surface area contributed by atoms with Gasteiger partial charge in [-0.15, -0.1) is 9.73 Å². The van der Waals surface area contributed by atoms with Crippen molar-refractivity contribution < 1.29 is 0 Å². The number of hydrogen-bond acceptors (Lipinski definition) is 5. The van der Waals surface area contributed by atoms with Crippen LogP contribution >= 0.6 is 0 Å². The number of allylic oxidation sites excluding steroid dienone is 1. The minimum atomic E-state index is 0.587. The van der Waals surface area contributed by atoms with E-state index in [-0.39, 0.29) is 0 Å². The summed E-state index contributed by atoms with van der Waals surface area (Å²) in [7, 11) is 0. The molecule has 0 radical (unpaired) electrons. The molecule has 4 aromatic rings. The minimum absolute atomic E-state index is 0.587. The van der Waals surface area contributed by atoms with Crippen molar-refractivity contribution in [2.75, 3.05) is 18.0 Å². The summed E-state index contributed by atoms with van der Waals surface area (Å²) in [6.45, 7) is 10.9. The maximum Gasteiger partial charge on any atom is 0.202 e. The van der Waals surface area contributed by atoms with Gasteiger partial charge in [-0.2, -0.15) is 5.10 Å². The van der Waals surface area contributed by atoms with E-state index >= 15 is 0 Å². The fraction of sp³-hybridized carbons (Fsp3) is 0.357. The number of pyridine rings is 1. The Hall–Kier alpha value is -3.54. The Morgan fingerprint density at radius 1 is 0.971 bits per heavy atom. The van der Waals surface area contributed by atoms with E-state index < -0.39 is 0 Å². The Kier molecular flexibility index (Phi) is 7.68. The van der Waals surface area contributed by atoms with Crippen LogP contribution in [0, 0.1) is 13.8 Å². The summed E-state index contributed by atoms with van der Waals surface area (Å²) in [5.74, 6) is 0.587. The van der Waals surface area contributed by atoms with Crippen molar-refractivity contribution in [2.24, 2.45) is 0 Å². The lowest BCUT2D eigenvalue weighted by atomic mass is 10.1. The largest absolute Gasteiger partial charge is 0.372 e. The van der Waals surface area contributed by atoms with Crippen LogP contribution in [-0.4, -0.2) is 37.9 Å². The zero-order valence-electron chi connectivity index (χ0n) is 20.7. The first kappa shape index (κ1) is 23.6. The lowest BCUT2D eigenvalue weighted by Gasteiger charge is -2.25. The molecule has 0 amide bonds. The molecule has 3 heterocycles. The van der Waals surface area contributed by atoms with Gasteiger partial charge in [-0.05, 0) is 68.2 Å². The number of rotatable bonds is 10. The Morgan fingerprint density at radius 2 is 1.76 bits per heavy atom. The molecule has 3 aromatic heterocycles. The third-order valence-corrected chi connectivity index (χ3v) is 6.08. The molecule has 0 saturated heterocycles. The molecule has 34 heavy (non-hydrogen) atoms. The monoisotopic (exact) mass is 454 g/mol. The molecule has 0 spiro atoms. The van der Waals surface area contributed by atoms with Crippen LogP contribution in [0.25, 0.3) is 29.3 Å². The number of unbranched alkanes of at least 4 members (excludes halogenated alkanes) is 2. The summed E-state index contributed by atoms with van der Waals surface area (Å²) in [6, 6.07) is 12.5. The van der Waals surface area contributed by atoms with Crippen molar-refractivity contribution >= 4 is 23.5 Å². The Balaban J connectivity index is 1.57. The van der Waals surface area contributed by atoms with Crippen LogP contribution in [0.15, 0.2) is 48.7 Å². The van der Waals surface area contributed by atoms with Gasteiger partial charge >= 0.3 is 0 Å². The molecule has 4 rings (SSSR count). The van der Waals surface area contributed by atoms with Gasteiger partial charge in [0.15, 0.2) is 5.65 Å². The second-order valence-electron chi connectivity index (χ2n) is 8.72. The molecule has 0 fully saturated rings. The van der Waals surface area contributed by atoms with E-state index in [1.165, 1.54) is 42.5 Å². The number of hydrogen-bond donors (Lipinski definition) is 0. The van der Waals surface area contributed by atoms with E-state index in [2.05, 4.69) is 82.3 Å². The van der Waals surface area contributed by atoms with Crippen LogP contribution < -0.4 is 10.1 Å². The highest BCUT2D eigenvalue weighted by atomic mass is 15.5. The van der Waals surface area contributed by atoms with Gasteiger partial charge in [-0.3, -0.25) is 4.98 Å². The van der Waals surface area contributed by atoms with Crippen LogP contribution in [0.2, 0.25) is 0 Å². The van der Waals surface area contributed by atoms with Crippen molar-refractivity contribution in [2.45, 2.75) is 53.4 Å². The molecule has 1 aromatic carbocycles. The van der Waals surface area contributed by atoms with Crippen molar-refractivity contribution in [1.29, 1.82) is 0 Å². The maximum absolute atomic E-state index is 4.68. The van der Waals surface area contributed by atoms with E-state index in [1.54, 1.807) is 10.8 Å². The molecule has 0 aliphatic carbocycles. The van der Waals surface area contributed by atoms with E-state index in [9.17, 15) is 0 Å². The molecular formula is C28H34N6. The standard InChI is InChI=1S/C28H34N6/c1-5-7-18-33(19-8-6-2)24-16-15-23(21(3)20-24)12-11-13-25-22(4)31-34-28(25)30-27(32-34)26-14-9-10-17-29-26/h9-17,20H,5-8,18-19H2,1-4H3/b12-11+,25-13+. The molecule has 0 aliphatic heterocycles. The number of aromatic nitrogens is 5.